The first-order chi connectivity index (χ1) is 11.1. The molecule has 0 aliphatic rings. The number of carbonyl (C=O) groups is 2. The summed E-state index contributed by atoms with van der Waals surface area (Å²) in [5.41, 5.74) is 2.73. The first-order valence-corrected chi connectivity index (χ1v) is 8.21. The van der Waals surface area contributed by atoms with Crippen LogP contribution in [0.4, 0.5) is 0 Å². The molecule has 0 saturated heterocycles. The summed E-state index contributed by atoms with van der Waals surface area (Å²) < 4.78 is 4.75. The lowest BCUT2D eigenvalue weighted by atomic mass is 10.1. The van der Waals surface area contributed by atoms with Gasteiger partial charge >= 0.3 is 5.97 Å². The Labute approximate surface area is 140 Å². The van der Waals surface area contributed by atoms with Gasteiger partial charge in [-0.25, -0.2) is 4.79 Å². The van der Waals surface area contributed by atoms with E-state index in [0.717, 1.165) is 10.5 Å². The summed E-state index contributed by atoms with van der Waals surface area (Å²) in [6.07, 6.45) is 0. The molecule has 2 rings (SSSR count). The molecule has 5 heteroatoms. The lowest BCUT2D eigenvalue weighted by Gasteiger charge is -2.08. The third-order valence-electron chi connectivity index (χ3n) is 3.26. The quantitative estimate of drug-likeness (QED) is 0.653. The van der Waals surface area contributed by atoms with Crippen LogP contribution in [0.1, 0.15) is 21.5 Å². The van der Waals surface area contributed by atoms with Gasteiger partial charge in [-0.3, -0.25) is 4.79 Å². The van der Waals surface area contributed by atoms with E-state index in [4.69, 9.17) is 4.74 Å². The van der Waals surface area contributed by atoms with Gasteiger partial charge in [-0.2, -0.15) is 0 Å². The maximum Gasteiger partial charge on any atom is 0.338 e. The van der Waals surface area contributed by atoms with E-state index in [1.165, 1.54) is 24.4 Å². The van der Waals surface area contributed by atoms with Gasteiger partial charge in [0.05, 0.1) is 18.4 Å². The first-order valence-electron chi connectivity index (χ1n) is 7.22. The zero-order valence-corrected chi connectivity index (χ0v) is 14.0. The highest BCUT2D eigenvalue weighted by molar-refractivity contribution is 8.00. The SMILES string of the molecule is COC(=O)c1ccccc1SCC(=O)NCc1ccc(C)cc1. The fraction of sp³-hybridized carbons (Fsp3) is 0.222. The molecule has 2 aromatic carbocycles. The van der Waals surface area contributed by atoms with Crippen LogP contribution >= 0.6 is 11.8 Å². The number of benzene rings is 2. The highest BCUT2D eigenvalue weighted by atomic mass is 32.2. The van der Waals surface area contributed by atoms with Crippen LogP contribution < -0.4 is 5.32 Å². The van der Waals surface area contributed by atoms with E-state index in [1.807, 2.05) is 43.3 Å². The van der Waals surface area contributed by atoms with Crippen LogP contribution in [-0.4, -0.2) is 24.7 Å². The highest BCUT2D eigenvalue weighted by Gasteiger charge is 2.12. The maximum atomic E-state index is 12.0. The maximum absolute atomic E-state index is 12.0. The van der Waals surface area contributed by atoms with E-state index in [9.17, 15) is 9.59 Å². The van der Waals surface area contributed by atoms with Gasteiger partial charge in [0.25, 0.3) is 0 Å². The molecule has 1 N–H and O–H groups in total. The summed E-state index contributed by atoms with van der Waals surface area (Å²) in [6.45, 7) is 2.52. The average Bonchev–Trinajstić information content (AvgIpc) is 2.59. The summed E-state index contributed by atoms with van der Waals surface area (Å²) in [4.78, 5) is 24.4. The van der Waals surface area contributed by atoms with Gasteiger partial charge in [0.1, 0.15) is 0 Å². The van der Waals surface area contributed by atoms with Crippen molar-refractivity contribution in [2.75, 3.05) is 12.9 Å². The second kappa shape index (κ2) is 8.39. The lowest BCUT2D eigenvalue weighted by Crippen LogP contribution is -2.24. The van der Waals surface area contributed by atoms with Crippen molar-refractivity contribution < 1.29 is 14.3 Å². The van der Waals surface area contributed by atoms with Gasteiger partial charge in [0.2, 0.25) is 5.91 Å². The van der Waals surface area contributed by atoms with Crippen molar-refractivity contribution in [3.05, 3.63) is 65.2 Å². The van der Waals surface area contributed by atoms with Crippen LogP contribution in [0.3, 0.4) is 0 Å². The van der Waals surface area contributed by atoms with E-state index in [2.05, 4.69) is 5.32 Å². The Morgan fingerprint density at radius 3 is 2.48 bits per heavy atom. The van der Waals surface area contributed by atoms with Crippen LogP contribution in [0.5, 0.6) is 0 Å². The molecule has 23 heavy (non-hydrogen) atoms. The van der Waals surface area contributed by atoms with E-state index >= 15 is 0 Å². The number of rotatable bonds is 6. The van der Waals surface area contributed by atoms with Crippen LogP contribution in [-0.2, 0) is 16.1 Å². The Bertz CT molecular complexity index is 683. The fourth-order valence-corrected chi connectivity index (χ4v) is 2.84. The van der Waals surface area contributed by atoms with E-state index in [1.54, 1.807) is 12.1 Å². The topological polar surface area (TPSA) is 55.4 Å². The number of ether oxygens (including phenoxy) is 1. The molecule has 0 aliphatic carbocycles. The first kappa shape index (κ1) is 17.1. The summed E-state index contributed by atoms with van der Waals surface area (Å²) in [5, 5.41) is 2.88. The number of nitrogens with one attached hydrogen (secondary N) is 1. The highest BCUT2D eigenvalue weighted by Crippen LogP contribution is 2.23. The minimum absolute atomic E-state index is 0.0738. The van der Waals surface area contributed by atoms with Crippen molar-refractivity contribution in [2.24, 2.45) is 0 Å². The van der Waals surface area contributed by atoms with Crippen LogP contribution in [0.2, 0.25) is 0 Å². The number of hydrogen-bond acceptors (Lipinski definition) is 4. The number of hydrogen-bond donors (Lipinski definition) is 1. The summed E-state index contributed by atoms with van der Waals surface area (Å²) >= 11 is 1.32. The summed E-state index contributed by atoms with van der Waals surface area (Å²) in [5.74, 6) is -0.219. The van der Waals surface area contributed by atoms with Crippen molar-refractivity contribution in [3.63, 3.8) is 0 Å². The van der Waals surface area contributed by atoms with Crippen LogP contribution in [0.25, 0.3) is 0 Å². The number of carbonyl (C=O) groups excluding carboxylic acids is 2. The summed E-state index contributed by atoms with van der Waals surface area (Å²) in [7, 11) is 1.35. The molecule has 0 aliphatic heterocycles. The third kappa shape index (κ3) is 5.14. The molecule has 0 spiro atoms. The van der Waals surface area contributed by atoms with E-state index in [0.29, 0.717) is 12.1 Å². The standard InChI is InChI=1S/C18H19NO3S/c1-13-7-9-14(10-8-13)11-19-17(20)12-23-16-6-4-3-5-15(16)18(21)22-2/h3-10H,11-12H2,1-2H3,(H,19,20). The van der Waals surface area contributed by atoms with Crippen molar-refractivity contribution >= 4 is 23.6 Å². The number of aryl methyl sites for hydroxylation is 1. The Kier molecular flexibility index (Phi) is 6.23. The molecule has 0 fully saturated rings. The molecule has 1 amide bonds. The predicted octanol–water partition coefficient (Wildman–Crippen LogP) is 3.19. The monoisotopic (exact) mass is 329 g/mol. The molecule has 0 unspecified atom stereocenters. The largest absolute Gasteiger partial charge is 0.465 e. The molecule has 0 bridgehead atoms. The smallest absolute Gasteiger partial charge is 0.338 e. The minimum Gasteiger partial charge on any atom is -0.465 e. The zero-order valence-electron chi connectivity index (χ0n) is 13.2. The van der Waals surface area contributed by atoms with Gasteiger partial charge in [-0.05, 0) is 24.6 Å². The second-order valence-electron chi connectivity index (χ2n) is 5.04. The summed E-state index contributed by atoms with van der Waals surface area (Å²) in [6, 6.07) is 15.1. The molecule has 4 nitrogen and oxygen atoms in total. The molecule has 2 aromatic rings. The Morgan fingerprint density at radius 2 is 1.78 bits per heavy atom. The van der Waals surface area contributed by atoms with Crippen molar-refractivity contribution in [3.8, 4) is 0 Å². The second-order valence-corrected chi connectivity index (χ2v) is 6.06. The molecule has 0 radical (unpaired) electrons. The van der Waals surface area contributed by atoms with Gasteiger partial charge in [-0.15, -0.1) is 11.8 Å². The zero-order chi connectivity index (χ0) is 16.7. The van der Waals surface area contributed by atoms with Crippen molar-refractivity contribution in [1.29, 1.82) is 0 Å². The Hall–Kier alpha value is -2.27. The molecule has 120 valence electrons. The number of esters is 1. The molecule has 0 saturated carbocycles. The lowest BCUT2D eigenvalue weighted by molar-refractivity contribution is -0.118. The van der Waals surface area contributed by atoms with Crippen molar-refractivity contribution in [2.45, 2.75) is 18.4 Å². The molecule has 0 heterocycles. The molecule has 0 aromatic heterocycles. The van der Waals surface area contributed by atoms with E-state index < -0.39 is 5.97 Å². The predicted molar refractivity (Wildman–Crippen MR) is 91.5 cm³/mol. The number of methoxy groups -OCH3 is 1. The van der Waals surface area contributed by atoms with Crippen molar-refractivity contribution in [1.82, 2.24) is 5.32 Å². The third-order valence-corrected chi connectivity index (χ3v) is 4.33. The number of amides is 1. The normalized spacial score (nSPS) is 10.2. The van der Waals surface area contributed by atoms with Gasteiger partial charge in [-0.1, -0.05) is 42.0 Å². The van der Waals surface area contributed by atoms with Gasteiger partial charge in [0, 0.05) is 11.4 Å². The van der Waals surface area contributed by atoms with Gasteiger partial charge < -0.3 is 10.1 Å². The molecule has 0 atom stereocenters. The fourth-order valence-electron chi connectivity index (χ4n) is 1.97. The Balaban J connectivity index is 1.87. The van der Waals surface area contributed by atoms with E-state index in [-0.39, 0.29) is 11.7 Å². The minimum atomic E-state index is -0.395. The van der Waals surface area contributed by atoms with Crippen LogP contribution in [0, 0.1) is 6.92 Å². The molecular formula is C18H19NO3S. The average molecular weight is 329 g/mol. The number of thioether (sulfide) groups is 1. The Morgan fingerprint density at radius 1 is 1.09 bits per heavy atom. The van der Waals surface area contributed by atoms with Crippen LogP contribution in [0.15, 0.2) is 53.4 Å². The van der Waals surface area contributed by atoms with Gasteiger partial charge in [0.15, 0.2) is 0 Å². The molecular weight excluding hydrogens is 310 g/mol.